The standard InChI is InChI=1S/C19H17N5O5/c1-28-14-6-7-18(29-2)15(9-14)16-10-17(22-21-16)19(25)23-20-11-12-4-3-5-13(8-12)24(26)27/h3-11H,1-2H3,(H,21,22)(H,23,25)/b20-11-. The van der Waals surface area contributed by atoms with Crippen molar-refractivity contribution in [2.24, 2.45) is 5.10 Å². The number of carbonyl (C=O) groups excluding carboxylic acids is 1. The fourth-order valence-electron chi connectivity index (χ4n) is 2.53. The maximum atomic E-state index is 12.3. The van der Waals surface area contributed by atoms with Crippen molar-refractivity contribution in [2.75, 3.05) is 14.2 Å². The van der Waals surface area contributed by atoms with E-state index in [0.29, 0.717) is 28.3 Å². The van der Waals surface area contributed by atoms with Gasteiger partial charge in [-0.15, -0.1) is 0 Å². The highest BCUT2D eigenvalue weighted by Crippen LogP contribution is 2.32. The zero-order valence-electron chi connectivity index (χ0n) is 15.6. The SMILES string of the molecule is COc1ccc(OC)c(-c2cc(C(=O)N/N=C\c3cccc([N+](=O)[O-])c3)[nH]n2)c1. The normalized spacial score (nSPS) is 10.7. The zero-order valence-corrected chi connectivity index (χ0v) is 15.6. The number of amides is 1. The number of hydrazone groups is 1. The molecule has 10 heteroatoms. The summed E-state index contributed by atoms with van der Waals surface area (Å²) in [6, 6.07) is 12.7. The second kappa shape index (κ2) is 8.65. The summed E-state index contributed by atoms with van der Waals surface area (Å²) >= 11 is 0. The molecule has 1 amide bonds. The number of nitro benzene ring substituents is 1. The topological polar surface area (TPSA) is 132 Å². The van der Waals surface area contributed by atoms with Crippen molar-refractivity contribution in [3.05, 3.63) is 69.9 Å². The van der Waals surface area contributed by atoms with E-state index in [1.807, 2.05) is 0 Å². The van der Waals surface area contributed by atoms with E-state index in [1.54, 1.807) is 37.4 Å². The number of H-pyrrole nitrogens is 1. The Labute approximate surface area is 165 Å². The number of aromatic nitrogens is 2. The molecular weight excluding hydrogens is 378 g/mol. The van der Waals surface area contributed by atoms with Gasteiger partial charge in [0, 0.05) is 23.3 Å². The number of carbonyl (C=O) groups is 1. The van der Waals surface area contributed by atoms with Gasteiger partial charge in [0.15, 0.2) is 0 Å². The van der Waals surface area contributed by atoms with Gasteiger partial charge in [-0.3, -0.25) is 20.0 Å². The number of rotatable bonds is 7. The number of nitrogens with one attached hydrogen (secondary N) is 2. The Bertz CT molecular complexity index is 1080. The van der Waals surface area contributed by atoms with Crippen molar-refractivity contribution in [1.29, 1.82) is 0 Å². The van der Waals surface area contributed by atoms with E-state index in [-0.39, 0.29) is 11.4 Å². The van der Waals surface area contributed by atoms with Crippen LogP contribution in [0.4, 0.5) is 5.69 Å². The molecule has 0 spiro atoms. The van der Waals surface area contributed by atoms with Crippen LogP contribution in [0.3, 0.4) is 0 Å². The summed E-state index contributed by atoms with van der Waals surface area (Å²) in [5, 5.41) is 21.4. The highest BCUT2D eigenvalue weighted by atomic mass is 16.6. The molecule has 3 rings (SSSR count). The molecule has 0 aliphatic carbocycles. The van der Waals surface area contributed by atoms with Crippen molar-refractivity contribution >= 4 is 17.8 Å². The summed E-state index contributed by atoms with van der Waals surface area (Å²) in [7, 11) is 3.09. The average Bonchev–Trinajstić information content (AvgIpc) is 3.23. The molecule has 0 bridgehead atoms. The third kappa shape index (κ3) is 4.56. The number of nitrogens with zero attached hydrogens (tertiary/aromatic N) is 3. The van der Waals surface area contributed by atoms with E-state index < -0.39 is 10.8 Å². The monoisotopic (exact) mass is 395 g/mol. The van der Waals surface area contributed by atoms with Gasteiger partial charge in [0.2, 0.25) is 0 Å². The number of hydrogen-bond donors (Lipinski definition) is 2. The van der Waals surface area contributed by atoms with Crippen LogP contribution in [0.2, 0.25) is 0 Å². The zero-order chi connectivity index (χ0) is 20.8. The first-order valence-electron chi connectivity index (χ1n) is 8.37. The van der Waals surface area contributed by atoms with Gasteiger partial charge in [-0.25, -0.2) is 5.43 Å². The first kappa shape index (κ1) is 19.5. The van der Waals surface area contributed by atoms with Gasteiger partial charge >= 0.3 is 0 Å². The van der Waals surface area contributed by atoms with Crippen LogP contribution in [0.25, 0.3) is 11.3 Å². The molecule has 1 aromatic heterocycles. The predicted octanol–water partition coefficient (Wildman–Crippen LogP) is 2.77. The number of nitro groups is 1. The molecule has 0 saturated carbocycles. The van der Waals surface area contributed by atoms with Gasteiger partial charge in [0.05, 0.1) is 31.1 Å². The maximum absolute atomic E-state index is 12.3. The van der Waals surface area contributed by atoms with Crippen LogP contribution in [-0.4, -0.2) is 41.5 Å². The highest BCUT2D eigenvalue weighted by Gasteiger charge is 2.14. The lowest BCUT2D eigenvalue weighted by Crippen LogP contribution is -2.18. The molecule has 0 saturated heterocycles. The average molecular weight is 395 g/mol. The van der Waals surface area contributed by atoms with Crippen LogP contribution in [-0.2, 0) is 0 Å². The van der Waals surface area contributed by atoms with Gasteiger partial charge in [-0.05, 0) is 24.3 Å². The molecule has 10 nitrogen and oxygen atoms in total. The highest BCUT2D eigenvalue weighted by molar-refractivity contribution is 5.94. The molecule has 3 aromatic rings. The molecule has 1 heterocycles. The molecule has 0 radical (unpaired) electrons. The third-order valence-electron chi connectivity index (χ3n) is 3.97. The fraction of sp³-hybridized carbons (Fsp3) is 0.105. The summed E-state index contributed by atoms with van der Waals surface area (Å²) in [4.78, 5) is 22.6. The first-order valence-corrected chi connectivity index (χ1v) is 8.37. The number of aromatic amines is 1. The van der Waals surface area contributed by atoms with Crippen LogP contribution in [0.5, 0.6) is 11.5 Å². The molecule has 29 heavy (non-hydrogen) atoms. The van der Waals surface area contributed by atoms with E-state index in [1.165, 1.54) is 31.5 Å². The van der Waals surface area contributed by atoms with Crippen LogP contribution in [0.15, 0.2) is 53.6 Å². The number of methoxy groups -OCH3 is 2. The molecule has 0 aliphatic rings. The second-order valence-electron chi connectivity index (χ2n) is 5.78. The maximum Gasteiger partial charge on any atom is 0.289 e. The molecule has 0 atom stereocenters. The second-order valence-corrected chi connectivity index (χ2v) is 5.78. The summed E-state index contributed by atoms with van der Waals surface area (Å²) in [6.07, 6.45) is 1.31. The lowest BCUT2D eigenvalue weighted by molar-refractivity contribution is -0.384. The minimum atomic E-state index is -0.521. The minimum absolute atomic E-state index is 0.0641. The van der Waals surface area contributed by atoms with Crippen LogP contribution < -0.4 is 14.9 Å². The molecule has 148 valence electrons. The summed E-state index contributed by atoms with van der Waals surface area (Å²) in [5.41, 5.74) is 4.09. The lowest BCUT2D eigenvalue weighted by atomic mass is 10.1. The van der Waals surface area contributed by atoms with Gasteiger partial charge in [-0.2, -0.15) is 10.2 Å². The first-order chi connectivity index (χ1) is 14.0. The van der Waals surface area contributed by atoms with E-state index >= 15 is 0 Å². The van der Waals surface area contributed by atoms with Crippen molar-refractivity contribution < 1.29 is 19.2 Å². The molecule has 0 fully saturated rings. The number of ether oxygens (including phenoxy) is 2. The smallest absolute Gasteiger partial charge is 0.289 e. The molecule has 2 aromatic carbocycles. The lowest BCUT2D eigenvalue weighted by Gasteiger charge is -2.08. The molecule has 2 N–H and O–H groups in total. The Balaban J connectivity index is 1.73. The van der Waals surface area contributed by atoms with Crippen LogP contribution in [0, 0.1) is 10.1 Å². The Kier molecular flexibility index (Phi) is 5.83. The van der Waals surface area contributed by atoms with Crippen molar-refractivity contribution in [3.63, 3.8) is 0 Å². The number of benzene rings is 2. The van der Waals surface area contributed by atoms with Crippen LogP contribution in [0.1, 0.15) is 16.1 Å². The van der Waals surface area contributed by atoms with E-state index in [2.05, 4.69) is 20.7 Å². The fourth-order valence-corrected chi connectivity index (χ4v) is 2.53. The molecule has 0 aliphatic heterocycles. The van der Waals surface area contributed by atoms with Gasteiger partial charge in [0.25, 0.3) is 11.6 Å². The largest absolute Gasteiger partial charge is 0.497 e. The Morgan fingerprint density at radius 1 is 1.21 bits per heavy atom. The van der Waals surface area contributed by atoms with Gasteiger partial charge < -0.3 is 9.47 Å². The van der Waals surface area contributed by atoms with Crippen molar-refractivity contribution in [2.45, 2.75) is 0 Å². The van der Waals surface area contributed by atoms with Gasteiger partial charge in [-0.1, -0.05) is 12.1 Å². The van der Waals surface area contributed by atoms with Gasteiger partial charge in [0.1, 0.15) is 17.2 Å². The van der Waals surface area contributed by atoms with Crippen molar-refractivity contribution in [3.8, 4) is 22.8 Å². The Morgan fingerprint density at radius 3 is 2.76 bits per heavy atom. The summed E-state index contributed by atoms with van der Waals surface area (Å²) in [6.45, 7) is 0. The quantitative estimate of drug-likeness (QED) is 0.359. The molecular formula is C19H17N5O5. The summed E-state index contributed by atoms with van der Waals surface area (Å²) in [5.74, 6) is 0.677. The summed E-state index contributed by atoms with van der Waals surface area (Å²) < 4.78 is 10.5. The molecule has 0 unspecified atom stereocenters. The van der Waals surface area contributed by atoms with Crippen molar-refractivity contribution in [1.82, 2.24) is 15.6 Å². The van der Waals surface area contributed by atoms with E-state index in [4.69, 9.17) is 9.47 Å². The van der Waals surface area contributed by atoms with E-state index in [9.17, 15) is 14.9 Å². The predicted molar refractivity (Wildman–Crippen MR) is 105 cm³/mol. The number of hydrogen-bond acceptors (Lipinski definition) is 7. The van der Waals surface area contributed by atoms with Crippen LogP contribution >= 0.6 is 0 Å². The Hall–Kier alpha value is -4.21. The number of non-ortho nitro benzene ring substituents is 1. The minimum Gasteiger partial charge on any atom is -0.497 e. The third-order valence-corrected chi connectivity index (χ3v) is 3.97. The Morgan fingerprint density at radius 2 is 2.03 bits per heavy atom. The van der Waals surface area contributed by atoms with E-state index in [0.717, 1.165) is 0 Å².